The Morgan fingerprint density at radius 2 is 1.71 bits per heavy atom. The summed E-state index contributed by atoms with van der Waals surface area (Å²) in [5.74, 6) is -0.265. The van der Waals surface area contributed by atoms with Crippen molar-refractivity contribution in [2.75, 3.05) is 0 Å². The lowest BCUT2D eigenvalue weighted by atomic mass is 9.96. The topological polar surface area (TPSA) is 86.7 Å². The fraction of sp³-hybridized carbons (Fsp3) is 0.138. The van der Waals surface area contributed by atoms with E-state index in [9.17, 15) is 14.4 Å². The number of hydrogen-bond donors (Lipinski definition) is 0. The molecule has 0 saturated heterocycles. The Morgan fingerprint density at radius 1 is 0.914 bits per heavy atom. The molecule has 6 rings (SSSR count). The van der Waals surface area contributed by atoms with Gasteiger partial charge in [-0.2, -0.15) is 0 Å². The van der Waals surface area contributed by atoms with Gasteiger partial charge in [0.05, 0.1) is 11.3 Å². The normalized spacial score (nSPS) is 13.3. The third-order valence-electron chi connectivity index (χ3n) is 6.26. The molecule has 1 aliphatic carbocycles. The molecule has 0 aliphatic heterocycles. The lowest BCUT2D eigenvalue weighted by molar-refractivity contribution is -0.135. The van der Waals surface area contributed by atoms with Gasteiger partial charge in [0.25, 0.3) is 0 Å². The molecule has 0 unspecified atom stereocenters. The van der Waals surface area contributed by atoms with Crippen molar-refractivity contribution in [2.45, 2.75) is 19.8 Å². The van der Waals surface area contributed by atoms with E-state index in [4.69, 9.17) is 13.6 Å². The van der Waals surface area contributed by atoms with E-state index in [0.717, 1.165) is 29.4 Å². The van der Waals surface area contributed by atoms with E-state index in [2.05, 4.69) is 0 Å². The van der Waals surface area contributed by atoms with Crippen LogP contribution in [0.1, 0.15) is 34.5 Å². The van der Waals surface area contributed by atoms with Gasteiger partial charge in [-0.15, -0.1) is 0 Å². The molecule has 1 saturated carbocycles. The fourth-order valence-corrected chi connectivity index (χ4v) is 4.35. The minimum atomic E-state index is -0.472. The van der Waals surface area contributed by atoms with Crippen molar-refractivity contribution in [1.29, 1.82) is 0 Å². The summed E-state index contributed by atoms with van der Waals surface area (Å²) >= 11 is 0. The fourth-order valence-electron chi connectivity index (χ4n) is 4.35. The molecule has 2 heterocycles. The maximum absolute atomic E-state index is 13.7. The number of carbonyl (C=O) groups excluding carboxylic acids is 2. The Morgan fingerprint density at radius 3 is 2.49 bits per heavy atom. The van der Waals surface area contributed by atoms with Crippen LogP contribution in [0.2, 0.25) is 0 Å². The number of ketones is 1. The molecule has 0 N–H and O–H groups in total. The van der Waals surface area contributed by atoms with Crippen LogP contribution in [-0.2, 0) is 4.79 Å². The standard InChI is InChI=1S/C29H20O6/c1-16-14-23(30)35-27-21(16)12-13-22-25(27)24(17-6-3-2-4-7-17)28(34-22)26(31)19-8-5-9-20(15-19)33-29(32)18-10-11-18/h2-9,12-15,18H,10-11H2,1H3. The van der Waals surface area contributed by atoms with E-state index in [0.29, 0.717) is 33.4 Å². The lowest BCUT2D eigenvalue weighted by Crippen LogP contribution is -2.10. The zero-order valence-electron chi connectivity index (χ0n) is 18.9. The van der Waals surface area contributed by atoms with Gasteiger partial charge in [-0.3, -0.25) is 9.59 Å². The molecule has 1 fully saturated rings. The van der Waals surface area contributed by atoms with Gasteiger partial charge in [0.1, 0.15) is 16.9 Å². The summed E-state index contributed by atoms with van der Waals surface area (Å²) in [5, 5.41) is 1.33. The van der Waals surface area contributed by atoms with Gasteiger partial charge >= 0.3 is 11.6 Å². The molecule has 5 aromatic rings. The van der Waals surface area contributed by atoms with Crippen molar-refractivity contribution in [3.63, 3.8) is 0 Å². The van der Waals surface area contributed by atoms with Gasteiger partial charge in [0, 0.05) is 22.6 Å². The van der Waals surface area contributed by atoms with E-state index >= 15 is 0 Å². The molecule has 1 aliphatic rings. The second kappa shape index (κ2) is 8.09. The second-order valence-electron chi connectivity index (χ2n) is 8.79. The molecule has 0 atom stereocenters. The van der Waals surface area contributed by atoms with E-state index in [-0.39, 0.29) is 23.4 Å². The smallest absolute Gasteiger partial charge is 0.336 e. The maximum Gasteiger partial charge on any atom is 0.336 e. The van der Waals surface area contributed by atoms with Gasteiger partial charge in [0.15, 0.2) is 5.76 Å². The van der Waals surface area contributed by atoms with Crippen LogP contribution in [0, 0.1) is 12.8 Å². The van der Waals surface area contributed by atoms with Crippen molar-refractivity contribution in [2.24, 2.45) is 5.92 Å². The largest absolute Gasteiger partial charge is 0.452 e. The first kappa shape index (κ1) is 21.1. The number of carbonyl (C=O) groups is 2. The number of hydrogen-bond acceptors (Lipinski definition) is 6. The minimum absolute atomic E-state index is 0.0548. The maximum atomic E-state index is 13.7. The van der Waals surface area contributed by atoms with Crippen LogP contribution < -0.4 is 10.4 Å². The highest BCUT2D eigenvalue weighted by molar-refractivity contribution is 6.20. The van der Waals surface area contributed by atoms with Crippen LogP contribution >= 0.6 is 0 Å². The Kier molecular flexibility index (Phi) is 4.88. The zero-order chi connectivity index (χ0) is 24.1. The predicted octanol–water partition coefficient (Wildman–Crippen LogP) is 6.06. The van der Waals surface area contributed by atoms with Gasteiger partial charge in [0.2, 0.25) is 5.78 Å². The third-order valence-corrected chi connectivity index (χ3v) is 6.26. The van der Waals surface area contributed by atoms with E-state index in [1.165, 1.54) is 6.07 Å². The van der Waals surface area contributed by atoms with Crippen LogP contribution in [0.15, 0.2) is 86.4 Å². The van der Waals surface area contributed by atoms with E-state index in [1.807, 2.05) is 43.3 Å². The molecular weight excluding hydrogens is 444 g/mol. The first-order chi connectivity index (χ1) is 17.0. The van der Waals surface area contributed by atoms with Gasteiger partial charge in [-0.1, -0.05) is 42.5 Å². The summed E-state index contributed by atoms with van der Waals surface area (Å²) in [6.45, 7) is 1.84. The number of furan rings is 1. The van der Waals surface area contributed by atoms with Crippen molar-refractivity contribution >= 4 is 33.7 Å². The molecule has 172 valence electrons. The lowest BCUT2D eigenvalue weighted by Gasteiger charge is -2.07. The number of fused-ring (bicyclic) bond motifs is 3. The summed E-state index contributed by atoms with van der Waals surface area (Å²) < 4.78 is 17.2. The molecule has 35 heavy (non-hydrogen) atoms. The van der Waals surface area contributed by atoms with Crippen molar-refractivity contribution < 1.29 is 23.2 Å². The SMILES string of the molecule is Cc1cc(=O)oc2c1ccc1oc(C(=O)c3cccc(OC(=O)C4CC4)c3)c(-c3ccccc3)c12. The average Bonchev–Trinajstić information content (AvgIpc) is 3.64. The van der Waals surface area contributed by atoms with Gasteiger partial charge < -0.3 is 13.6 Å². The highest BCUT2D eigenvalue weighted by Gasteiger charge is 2.32. The Bertz CT molecular complexity index is 1690. The van der Waals surface area contributed by atoms with Crippen LogP contribution in [0.3, 0.4) is 0 Å². The number of esters is 1. The highest BCUT2D eigenvalue weighted by Crippen LogP contribution is 2.40. The zero-order valence-corrected chi connectivity index (χ0v) is 18.9. The van der Waals surface area contributed by atoms with Crippen LogP contribution in [0.5, 0.6) is 5.75 Å². The van der Waals surface area contributed by atoms with E-state index in [1.54, 1.807) is 30.3 Å². The monoisotopic (exact) mass is 464 g/mol. The Labute approximate surface area is 199 Å². The highest BCUT2D eigenvalue weighted by atomic mass is 16.5. The molecule has 0 spiro atoms. The molecule has 0 bridgehead atoms. The van der Waals surface area contributed by atoms with Gasteiger partial charge in [-0.25, -0.2) is 4.79 Å². The molecular formula is C29H20O6. The first-order valence-electron chi connectivity index (χ1n) is 11.4. The Hall–Kier alpha value is -4.45. The third kappa shape index (κ3) is 3.73. The van der Waals surface area contributed by atoms with E-state index < -0.39 is 5.63 Å². The quantitative estimate of drug-likeness (QED) is 0.136. The van der Waals surface area contributed by atoms with Crippen LogP contribution in [0.4, 0.5) is 0 Å². The van der Waals surface area contributed by atoms with Crippen LogP contribution in [0.25, 0.3) is 33.1 Å². The summed E-state index contributed by atoms with van der Waals surface area (Å²) in [6.07, 6.45) is 1.67. The summed E-state index contributed by atoms with van der Waals surface area (Å²) in [5.41, 5.74) is 2.74. The predicted molar refractivity (Wildman–Crippen MR) is 131 cm³/mol. The molecule has 6 nitrogen and oxygen atoms in total. The van der Waals surface area contributed by atoms with Crippen molar-refractivity contribution in [3.05, 3.63) is 100 Å². The summed E-state index contributed by atoms with van der Waals surface area (Å²) in [6, 6.07) is 20.9. The number of benzene rings is 3. The van der Waals surface area contributed by atoms with Crippen LogP contribution in [-0.4, -0.2) is 11.8 Å². The molecule has 6 heteroatoms. The number of aryl methyl sites for hydroxylation is 1. The molecule has 0 radical (unpaired) electrons. The number of rotatable bonds is 5. The van der Waals surface area contributed by atoms with Gasteiger partial charge in [-0.05, 0) is 55.2 Å². The van der Waals surface area contributed by atoms with Crippen molar-refractivity contribution in [1.82, 2.24) is 0 Å². The van der Waals surface area contributed by atoms with Crippen molar-refractivity contribution in [3.8, 4) is 16.9 Å². The molecule has 2 aromatic heterocycles. The minimum Gasteiger partial charge on any atom is -0.452 e. The average molecular weight is 464 g/mol. The molecule has 3 aromatic carbocycles. The molecule has 0 amide bonds. The number of ether oxygens (including phenoxy) is 1. The Balaban J connectivity index is 1.55. The summed E-state index contributed by atoms with van der Waals surface area (Å²) in [4.78, 5) is 38.1. The first-order valence-corrected chi connectivity index (χ1v) is 11.4. The summed E-state index contributed by atoms with van der Waals surface area (Å²) in [7, 11) is 0. The second-order valence-corrected chi connectivity index (χ2v) is 8.79.